The molecule has 0 spiro atoms. The van der Waals surface area contributed by atoms with Crippen LogP contribution < -0.4 is 0 Å². The molecular formula is C23H34N2O3. The van der Waals surface area contributed by atoms with E-state index in [9.17, 15) is 4.79 Å². The van der Waals surface area contributed by atoms with Crippen LogP contribution in [0.15, 0.2) is 48.0 Å². The van der Waals surface area contributed by atoms with Gasteiger partial charge in [0, 0.05) is 17.7 Å². The van der Waals surface area contributed by atoms with Gasteiger partial charge < -0.3 is 14.5 Å². The molecule has 0 aliphatic carbocycles. The lowest BCUT2D eigenvalue weighted by Gasteiger charge is -2.22. The fraction of sp³-hybridized carbons (Fsp3) is 0.478. The lowest BCUT2D eigenvalue weighted by atomic mass is 9.95. The molecule has 0 fully saturated rings. The standard InChI is InChI=1S/C19H28N2O3.C4H6/c1-4-15(10-12-21(5-2)11-6-7-18(22)23)19-16-13-14(3)8-9-17(16)24-20-19;1-3-4-2/h8-9,13,15H,4-7,10-12H2,1-3H3,(H,22,23);3-4H,1-2H2. The first-order chi connectivity index (χ1) is 13.5. The zero-order chi connectivity index (χ0) is 20.9. The minimum Gasteiger partial charge on any atom is -0.481 e. The highest BCUT2D eigenvalue weighted by Crippen LogP contribution is 2.30. The number of nitrogens with zero attached hydrogens (tertiary/aromatic N) is 2. The highest BCUT2D eigenvalue weighted by Gasteiger charge is 2.19. The molecule has 1 N–H and O–H groups in total. The summed E-state index contributed by atoms with van der Waals surface area (Å²) in [5.74, 6) is -0.358. The molecule has 1 atom stereocenters. The van der Waals surface area contributed by atoms with Crippen molar-refractivity contribution in [2.24, 2.45) is 0 Å². The molecule has 154 valence electrons. The van der Waals surface area contributed by atoms with Crippen LogP contribution in [0.3, 0.4) is 0 Å². The van der Waals surface area contributed by atoms with Gasteiger partial charge in [0.1, 0.15) is 0 Å². The normalized spacial score (nSPS) is 11.7. The lowest BCUT2D eigenvalue weighted by molar-refractivity contribution is -0.137. The van der Waals surface area contributed by atoms with Gasteiger partial charge in [0.2, 0.25) is 0 Å². The number of aliphatic carboxylic acids is 1. The van der Waals surface area contributed by atoms with Crippen molar-refractivity contribution in [1.82, 2.24) is 10.1 Å². The smallest absolute Gasteiger partial charge is 0.303 e. The van der Waals surface area contributed by atoms with E-state index in [1.54, 1.807) is 12.2 Å². The predicted molar refractivity (Wildman–Crippen MR) is 116 cm³/mol. The molecule has 5 nitrogen and oxygen atoms in total. The summed E-state index contributed by atoms with van der Waals surface area (Å²) in [5, 5.41) is 14.2. The SMILES string of the molecule is C=CC=C.CCC(CCN(CC)CCCC(=O)O)c1noc2ccc(C)cc12. The van der Waals surface area contributed by atoms with Gasteiger partial charge in [0.25, 0.3) is 0 Å². The Labute approximate surface area is 168 Å². The number of carboxylic acid groups (broad SMARTS) is 1. The molecule has 2 rings (SSSR count). The minimum absolute atomic E-state index is 0.237. The third-order valence-corrected chi connectivity index (χ3v) is 4.81. The van der Waals surface area contributed by atoms with Crippen molar-refractivity contribution in [2.45, 2.75) is 52.4 Å². The third-order valence-electron chi connectivity index (χ3n) is 4.81. The molecule has 28 heavy (non-hydrogen) atoms. The first kappa shape index (κ1) is 23.6. The van der Waals surface area contributed by atoms with E-state index in [2.05, 4.69) is 50.1 Å². The van der Waals surface area contributed by atoms with Crippen molar-refractivity contribution >= 4 is 16.9 Å². The Bertz CT molecular complexity index is 745. The van der Waals surface area contributed by atoms with Gasteiger partial charge in [-0.2, -0.15) is 0 Å². The average molecular weight is 387 g/mol. The number of carbonyl (C=O) groups is 1. The number of carboxylic acids is 1. The van der Waals surface area contributed by atoms with Gasteiger partial charge in [-0.25, -0.2) is 0 Å². The van der Waals surface area contributed by atoms with E-state index in [-0.39, 0.29) is 6.42 Å². The number of aromatic nitrogens is 1. The first-order valence-corrected chi connectivity index (χ1v) is 10.00. The molecule has 5 heteroatoms. The Morgan fingerprint density at radius 3 is 2.57 bits per heavy atom. The number of hydrogen-bond acceptors (Lipinski definition) is 4. The molecular weight excluding hydrogens is 352 g/mol. The van der Waals surface area contributed by atoms with Gasteiger partial charge in [-0.1, -0.05) is 55.9 Å². The van der Waals surface area contributed by atoms with Crippen LogP contribution in [0.25, 0.3) is 11.0 Å². The van der Waals surface area contributed by atoms with Crippen LogP contribution in [0.4, 0.5) is 0 Å². The second kappa shape index (κ2) is 12.9. The third kappa shape index (κ3) is 7.69. The Morgan fingerprint density at radius 1 is 1.29 bits per heavy atom. The van der Waals surface area contributed by atoms with Crippen LogP contribution in [-0.2, 0) is 4.79 Å². The van der Waals surface area contributed by atoms with E-state index in [0.717, 1.165) is 49.1 Å². The summed E-state index contributed by atoms with van der Waals surface area (Å²) in [6.45, 7) is 15.8. The molecule has 2 aromatic rings. The molecule has 0 amide bonds. The minimum atomic E-state index is -0.720. The molecule has 0 radical (unpaired) electrons. The number of fused-ring (bicyclic) bond motifs is 1. The second-order valence-electron chi connectivity index (χ2n) is 6.86. The van der Waals surface area contributed by atoms with Crippen LogP contribution in [0.2, 0.25) is 0 Å². The van der Waals surface area contributed by atoms with Gasteiger partial charge in [0.15, 0.2) is 5.58 Å². The molecule has 0 aliphatic rings. The fourth-order valence-electron chi connectivity index (χ4n) is 3.12. The molecule has 1 aromatic heterocycles. The summed E-state index contributed by atoms with van der Waals surface area (Å²) in [7, 11) is 0. The van der Waals surface area contributed by atoms with Crippen LogP contribution in [0.5, 0.6) is 0 Å². The number of hydrogen-bond donors (Lipinski definition) is 1. The van der Waals surface area contributed by atoms with Crippen LogP contribution >= 0.6 is 0 Å². The zero-order valence-electron chi connectivity index (χ0n) is 17.5. The lowest BCUT2D eigenvalue weighted by Crippen LogP contribution is -2.27. The Kier molecular flexibility index (Phi) is 10.9. The summed E-state index contributed by atoms with van der Waals surface area (Å²) in [6.07, 6.45) is 6.24. The second-order valence-corrected chi connectivity index (χ2v) is 6.86. The summed E-state index contributed by atoms with van der Waals surface area (Å²) < 4.78 is 5.48. The summed E-state index contributed by atoms with van der Waals surface area (Å²) >= 11 is 0. The average Bonchev–Trinajstić information content (AvgIpc) is 3.10. The van der Waals surface area contributed by atoms with Gasteiger partial charge >= 0.3 is 5.97 Å². The highest BCUT2D eigenvalue weighted by molar-refractivity contribution is 5.80. The summed E-state index contributed by atoms with van der Waals surface area (Å²) in [4.78, 5) is 13.0. The predicted octanol–water partition coefficient (Wildman–Crippen LogP) is 5.57. The zero-order valence-corrected chi connectivity index (χ0v) is 17.5. The highest BCUT2D eigenvalue weighted by atomic mass is 16.5. The number of aryl methyl sites for hydroxylation is 1. The van der Waals surface area contributed by atoms with E-state index < -0.39 is 5.97 Å². The Hall–Kier alpha value is -2.40. The van der Waals surface area contributed by atoms with Gasteiger partial charge in [-0.05, 0) is 58.0 Å². The maximum atomic E-state index is 10.7. The van der Waals surface area contributed by atoms with E-state index in [0.29, 0.717) is 12.3 Å². The number of allylic oxidation sites excluding steroid dienone is 2. The quantitative estimate of drug-likeness (QED) is 0.512. The van der Waals surface area contributed by atoms with Crippen molar-refractivity contribution in [3.63, 3.8) is 0 Å². The van der Waals surface area contributed by atoms with Gasteiger partial charge in [-0.3, -0.25) is 4.79 Å². The van der Waals surface area contributed by atoms with Crippen molar-refractivity contribution in [3.8, 4) is 0 Å². The molecule has 1 unspecified atom stereocenters. The monoisotopic (exact) mass is 386 g/mol. The number of benzene rings is 1. The Balaban J connectivity index is 0.000000892. The fourth-order valence-corrected chi connectivity index (χ4v) is 3.12. The van der Waals surface area contributed by atoms with E-state index in [1.165, 1.54) is 5.56 Å². The molecule has 0 saturated carbocycles. The molecule has 1 aromatic carbocycles. The van der Waals surface area contributed by atoms with E-state index >= 15 is 0 Å². The molecule has 0 aliphatic heterocycles. The van der Waals surface area contributed by atoms with E-state index in [4.69, 9.17) is 9.63 Å². The van der Waals surface area contributed by atoms with Crippen LogP contribution in [0.1, 0.15) is 56.7 Å². The first-order valence-electron chi connectivity index (χ1n) is 10.00. The largest absolute Gasteiger partial charge is 0.481 e. The van der Waals surface area contributed by atoms with Crippen molar-refractivity contribution < 1.29 is 14.4 Å². The maximum Gasteiger partial charge on any atom is 0.303 e. The van der Waals surface area contributed by atoms with Crippen LogP contribution in [0, 0.1) is 6.92 Å². The van der Waals surface area contributed by atoms with Crippen molar-refractivity contribution in [2.75, 3.05) is 19.6 Å². The molecule has 1 heterocycles. The van der Waals surface area contributed by atoms with Gasteiger partial charge in [0.05, 0.1) is 5.69 Å². The van der Waals surface area contributed by atoms with Crippen molar-refractivity contribution in [1.29, 1.82) is 0 Å². The number of rotatable bonds is 11. The Morgan fingerprint density at radius 2 is 2.00 bits per heavy atom. The maximum absolute atomic E-state index is 10.7. The molecule has 0 saturated heterocycles. The van der Waals surface area contributed by atoms with Crippen molar-refractivity contribution in [3.05, 3.63) is 54.8 Å². The summed E-state index contributed by atoms with van der Waals surface area (Å²) in [5.41, 5.74) is 3.12. The van der Waals surface area contributed by atoms with Crippen LogP contribution in [-0.4, -0.2) is 40.8 Å². The van der Waals surface area contributed by atoms with Gasteiger partial charge in [-0.15, -0.1) is 0 Å². The van der Waals surface area contributed by atoms with E-state index in [1.807, 2.05) is 12.1 Å². The topological polar surface area (TPSA) is 66.6 Å². The summed E-state index contributed by atoms with van der Waals surface area (Å²) in [6, 6.07) is 6.17. The molecule has 0 bridgehead atoms.